The maximum Gasteiger partial charge on any atom is 0.0737 e. The molecule has 1 aliphatic rings. The van der Waals surface area contributed by atoms with Crippen LogP contribution in [0, 0.1) is 5.92 Å². The lowest BCUT2D eigenvalue weighted by molar-refractivity contribution is 0.138. The van der Waals surface area contributed by atoms with E-state index < -0.39 is 0 Å². The molecule has 1 heterocycles. The number of aromatic nitrogens is 1. The molecule has 19 heavy (non-hydrogen) atoms. The van der Waals surface area contributed by atoms with Crippen molar-refractivity contribution in [3.8, 4) is 0 Å². The molecule has 0 bridgehead atoms. The van der Waals surface area contributed by atoms with E-state index >= 15 is 0 Å². The Morgan fingerprint density at radius 3 is 3.00 bits per heavy atom. The van der Waals surface area contributed by atoms with Crippen molar-refractivity contribution in [3.05, 3.63) is 35.5 Å². The summed E-state index contributed by atoms with van der Waals surface area (Å²) in [5.74, 6) is 0.357. The van der Waals surface area contributed by atoms with Crippen molar-refractivity contribution in [2.45, 2.75) is 25.4 Å². The molecule has 0 radical (unpaired) electrons. The van der Waals surface area contributed by atoms with Crippen LogP contribution < -0.4 is 5.32 Å². The van der Waals surface area contributed by atoms with Crippen LogP contribution in [0.4, 0.5) is 5.69 Å². The summed E-state index contributed by atoms with van der Waals surface area (Å²) in [6.45, 7) is 0.808. The largest absolute Gasteiger partial charge is 0.393 e. The van der Waals surface area contributed by atoms with E-state index in [-0.39, 0.29) is 6.10 Å². The number of aliphatic hydroxyl groups excluding tert-OH is 1. The molecule has 1 saturated carbocycles. The van der Waals surface area contributed by atoms with E-state index in [0.717, 1.165) is 42.4 Å². The Balaban J connectivity index is 1.81. The van der Waals surface area contributed by atoms with E-state index in [0.29, 0.717) is 10.9 Å². The SMILES string of the molecule is O[C@@H]1CCC[C@H]1CNc1ccnc2cc(Cl)ccc12. The number of nitrogens with zero attached hydrogens (tertiary/aromatic N) is 1. The van der Waals surface area contributed by atoms with E-state index in [9.17, 15) is 5.11 Å². The van der Waals surface area contributed by atoms with Gasteiger partial charge in [-0.15, -0.1) is 0 Å². The Bertz CT molecular complexity index is 587. The molecule has 0 saturated heterocycles. The second-order valence-electron chi connectivity index (χ2n) is 5.16. The van der Waals surface area contributed by atoms with Gasteiger partial charge in [0.15, 0.2) is 0 Å². The topological polar surface area (TPSA) is 45.1 Å². The van der Waals surface area contributed by atoms with E-state index in [2.05, 4.69) is 10.3 Å². The molecule has 1 aliphatic carbocycles. The summed E-state index contributed by atoms with van der Waals surface area (Å²) in [6.07, 6.45) is 4.78. The van der Waals surface area contributed by atoms with Gasteiger partial charge in [0, 0.05) is 34.8 Å². The van der Waals surface area contributed by atoms with Gasteiger partial charge in [0.25, 0.3) is 0 Å². The maximum absolute atomic E-state index is 9.85. The highest BCUT2D eigenvalue weighted by atomic mass is 35.5. The summed E-state index contributed by atoms with van der Waals surface area (Å²) in [5, 5.41) is 15.0. The lowest BCUT2D eigenvalue weighted by atomic mass is 10.1. The third-order valence-corrected chi connectivity index (χ3v) is 4.11. The average molecular weight is 277 g/mol. The van der Waals surface area contributed by atoms with Crippen LogP contribution in [0.5, 0.6) is 0 Å². The number of pyridine rings is 1. The summed E-state index contributed by atoms with van der Waals surface area (Å²) in [6, 6.07) is 7.70. The molecule has 100 valence electrons. The summed E-state index contributed by atoms with van der Waals surface area (Å²) < 4.78 is 0. The number of benzene rings is 1. The summed E-state index contributed by atoms with van der Waals surface area (Å²) in [7, 11) is 0. The van der Waals surface area contributed by atoms with Gasteiger partial charge in [-0.2, -0.15) is 0 Å². The minimum absolute atomic E-state index is 0.157. The number of anilines is 1. The van der Waals surface area contributed by atoms with Crippen LogP contribution in [-0.2, 0) is 0 Å². The first-order valence-electron chi connectivity index (χ1n) is 6.70. The van der Waals surface area contributed by atoms with Gasteiger partial charge in [-0.3, -0.25) is 4.98 Å². The molecule has 0 amide bonds. The van der Waals surface area contributed by atoms with E-state index in [1.165, 1.54) is 0 Å². The van der Waals surface area contributed by atoms with Gasteiger partial charge >= 0.3 is 0 Å². The van der Waals surface area contributed by atoms with Crippen LogP contribution in [-0.4, -0.2) is 22.7 Å². The Morgan fingerprint density at radius 2 is 2.21 bits per heavy atom. The molecule has 0 unspecified atom stereocenters. The number of halogens is 1. The van der Waals surface area contributed by atoms with Gasteiger partial charge in [-0.1, -0.05) is 18.0 Å². The molecule has 1 aromatic carbocycles. The van der Waals surface area contributed by atoms with Crippen LogP contribution in [0.1, 0.15) is 19.3 Å². The standard InChI is InChI=1S/C15H17ClN2O/c16-11-4-5-12-13(6-7-17-14(12)8-11)18-9-10-2-1-3-15(10)19/h4-8,10,15,19H,1-3,9H2,(H,17,18)/t10-,15+/m0/s1. The molecule has 1 fully saturated rings. The van der Waals surface area contributed by atoms with Gasteiger partial charge in [0.1, 0.15) is 0 Å². The van der Waals surface area contributed by atoms with Crippen LogP contribution in [0.15, 0.2) is 30.5 Å². The molecule has 2 N–H and O–H groups in total. The smallest absolute Gasteiger partial charge is 0.0737 e. The molecule has 3 rings (SSSR count). The summed E-state index contributed by atoms with van der Waals surface area (Å²) in [4.78, 5) is 4.32. The van der Waals surface area contributed by atoms with Crippen molar-refractivity contribution < 1.29 is 5.11 Å². The number of nitrogens with one attached hydrogen (secondary N) is 1. The molecule has 0 spiro atoms. The first-order chi connectivity index (χ1) is 9.24. The first-order valence-corrected chi connectivity index (χ1v) is 7.08. The van der Waals surface area contributed by atoms with Crippen LogP contribution in [0.2, 0.25) is 5.02 Å². The second-order valence-corrected chi connectivity index (χ2v) is 5.60. The van der Waals surface area contributed by atoms with Crippen molar-refractivity contribution >= 4 is 28.2 Å². The molecular weight excluding hydrogens is 260 g/mol. The normalized spacial score (nSPS) is 22.8. The number of hydrogen-bond donors (Lipinski definition) is 2. The fourth-order valence-corrected chi connectivity index (χ4v) is 2.94. The monoisotopic (exact) mass is 276 g/mol. The fraction of sp³-hybridized carbons (Fsp3) is 0.400. The van der Waals surface area contributed by atoms with E-state index in [1.54, 1.807) is 6.20 Å². The van der Waals surface area contributed by atoms with Crippen LogP contribution in [0.3, 0.4) is 0 Å². The van der Waals surface area contributed by atoms with E-state index in [1.807, 2.05) is 24.3 Å². The van der Waals surface area contributed by atoms with Crippen LogP contribution >= 0.6 is 11.6 Å². The minimum atomic E-state index is -0.157. The highest BCUT2D eigenvalue weighted by molar-refractivity contribution is 6.31. The fourth-order valence-electron chi connectivity index (χ4n) is 2.77. The van der Waals surface area contributed by atoms with E-state index in [4.69, 9.17) is 11.6 Å². The number of rotatable bonds is 3. The zero-order valence-electron chi connectivity index (χ0n) is 10.6. The third kappa shape index (κ3) is 2.67. The molecule has 0 aliphatic heterocycles. The average Bonchev–Trinajstić information content (AvgIpc) is 2.81. The molecule has 4 heteroatoms. The number of aliphatic hydroxyl groups is 1. The molecular formula is C15H17ClN2O. The zero-order chi connectivity index (χ0) is 13.2. The van der Waals surface area contributed by atoms with Crippen molar-refractivity contribution in [1.29, 1.82) is 0 Å². The molecule has 2 aromatic rings. The Hall–Kier alpha value is -1.32. The Morgan fingerprint density at radius 1 is 1.32 bits per heavy atom. The molecule has 1 aromatic heterocycles. The highest BCUT2D eigenvalue weighted by Crippen LogP contribution is 2.28. The maximum atomic E-state index is 9.85. The first kappa shape index (κ1) is 12.7. The second kappa shape index (κ2) is 5.35. The Labute approximate surface area is 117 Å². The number of hydrogen-bond acceptors (Lipinski definition) is 3. The predicted octanol–water partition coefficient (Wildman–Crippen LogP) is 3.46. The van der Waals surface area contributed by atoms with Crippen molar-refractivity contribution in [3.63, 3.8) is 0 Å². The van der Waals surface area contributed by atoms with Crippen molar-refractivity contribution in [2.24, 2.45) is 5.92 Å². The van der Waals surface area contributed by atoms with Crippen molar-refractivity contribution in [2.75, 3.05) is 11.9 Å². The lowest BCUT2D eigenvalue weighted by Gasteiger charge is -2.17. The summed E-state index contributed by atoms with van der Waals surface area (Å²) >= 11 is 5.98. The van der Waals surface area contributed by atoms with Gasteiger partial charge in [-0.25, -0.2) is 0 Å². The Kier molecular flexibility index (Phi) is 3.58. The molecule has 2 atom stereocenters. The van der Waals surface area contributed by atoms with Gasteiger partial charge in [-0.05, 0) is 37.1 Å². The number of fused-ring (bicyclic) bond motifs is 1. The zero-order valence-corrected chi connectivity index (χ0v) is 11.4. The predicted molar refractivity (Wildman–Crippen MR) is 78.6 cm³/mol. The molecule has 3 nitrogen and oxygen atoms in total. The highest BCUT2D eigenvalue weighted by Gasteiger charge is 2.24. The third-order valence-electron chi connectivity index (χ3n) is 3.88. The summed E-state index contributed by atoms with van der Waals surface area (Å²) in [5.41, 5.74) is 1.95. The van der Waals surface area contributed by atoms with Gasteiger partial charge in [0.2, 0.25) is 0 Å². The van der Waals surface area contributed by atoms with Gasteiger partial charge in [0.05, 0.1) is 11.6 Å². The quantitative estimate of drug-likeness (QED) is 0.902. The van der Waals surface area contributed by atoms with Crippen molar-refractivity contribution in [1.82, 2.24) is 4.98 Å². The van der Waals surface area contributed by atoms with Crippen LogP contribution in [0.25, 0.3) is 10.9 Å². The lowest BCUT2D eigenvalue weighted by Crippen LogP contribution is -2.21. The van der Waals surface area contributed by atoms with Gasteiger partial charge < -0.3 is 10.4 Å². The minimum Gasteiger partial charge on any atom is -0.393 e.